The molecule has 1 N–H and O–H groups in total. The van der Waals surface area contributed by atoms with Crippen LogP contribution >= 0.6 is 11.6 Å². The fourth-order valence-corrected chi connectivity index (χ4v) is 2.88. The summed E-state index contributed by atoms with van der Waals surface area (Å²) in [5.41, 5.74) is 0.607. The Morgan fingerprint density at radius 1 is 1.47 bits per heavy atom. The van der Waals surface area contributed by atoms with E-state index in [-0.39, 0.29) is 11.7 Å². The van der Waals surface area contributed by atoms with Gasteiger partial charge in [0.05, 0.1) is 6.61 Å². The van der Waals surface area contributed by atoms with Gasteiger partial charge in [-0.3, -0.25) is 0 Å². The molecule has 0 amide bonds. The SMILES string of the molecule is CC(C)N[C@H]1CCOC[C@H]1Cc1c(F)cccc1Cl. The molecule has 0 bridgehead atoms. The van der Waals surface area contributed by atoms with E-state index in [0.29, 0.717) is 35.7 Å². The van der Waals surface area contributed by atoms with Crippen molar-refractivity contribution in [3.63, 3.8) is 0 Å². The van der Waals surface area contributed by atoms with Gasteiger partial charge in [0.1, 0.15) is 5.82 Å². The maximum Gasteiger partial charge on any atom is 0.127 e. The van der Waals surface area contributed by atoms with Crippen molar-refractivity contribution >= 4 is 11.6 Å². The Morgan fingerprint density at radius 2 is 2.26 bits per heavy atom. The molecule has 1 heterocycles. The Hall–Kier alpha value is -0.640. The van der Waals surface area contributed by atoms with Crippen LogP contribution in [0.15, 0.2) is 18.2 Å². The second-order valence-electron chi connectivity index (χ2n) is 5.46. The number of benzene rings is 1. The zero-order valence-corrected chi connectivity index (χ0v) is 12.2. The average molecular weight is 286 g/mol. The molecule has 1 aromatic carbocycles. The molecule has 2 rings (SSSR count). The molecule has 1 aromatic rings. The molecule has 2 nitrogen and oxygen atoms in total. The zero-order valence-electron chi connectivity index (χ0n) is 11.5. The van der Waals surface area contributed by atoms with Crippen LogP contribution in [0.1, 0.15) is 25.8 Å². The Balaban J connectivity index is 2.11. The van der Waals surface area contributed by atoms with Crippen LogP contribution in [-0.4, -0.2) is 25.3 Å². The van der Waals surface area contributed by atoms with Gasteiger partial charge >= 0.3 is 0 Å². The number of halogens is 2. The molecular formula is C15H21ClFNO. The molecule has 19 heavy (non-hydrogen) atoms. The van der Waals surface area contributed by atoms with Gasteiger partial charge in [-0.2, -0.15) is 0 Å². The lowest BCUT2D eigenvalue weighted by atomic mass is 9.89. The van der Waals surface area contributed by atoms with Crippen molar-refractivity contribution in [2.24, 2.45) is 5.92 Å². The first-order chi connectivity index (χ1) is 9.08. The van der Waals surface area contributed by atoms with Crippen LogP contribution in [0.25, 0.3) is 0 Å². The van der Waals surface area contributed by atoms with Crippen LogP contribution in [0.5, 0.6) is 0 Å². The highest BCUT2D eigenvalue weighted by Gasteiger charge is 2.27. The van der Waals surface area contributed by atoms with Crippen molar-refractivity contribution < 1.29 is 9.13 Å². The number of nitrogens with one attached hydrogen (secondary N) is 1. The summed E-state index contributed by atoms with van der Waals surface area (Å²) in [7, 11) is 0. The largest absolute Gasteiger partial charge is 0.381 e. The van der Waals surface area contributed by atoms with Crippen LogP contribution in [0.2, 0.25) is 5.02 Å². The molecule has 0 saturated carbocycles. The molecule has 0 unspecified atom stereocenters. The van der Waals surface area contributed by atoms with E-state index in [1.807, 2.05) is 0 Å². The lowest BCUT2D eigenvalue weighted by Gasteiger charge is -2.34. The molecule has 1 aliphatic heterocycles. The van der Waals surface area contributed by atoms with Gasteiger partial charge in [-0.05, 0) is 25.0 Å². The first kappa shape index (κ1) is 14.8. The molecular weight excluding hydrogens is 265 g/mol. The maximum absolute atomic E-state index is 13.8. The molecule has 1 aliphatic rings. The Kier molecular flexibility index (Phi) is 5.20. The molecule has 0 aliphatic carbocycles. The number of rotatable bonds is 4. The predicted molar refractivity (Wildman–Crippen MR) is 76.1 cm³/mol. The number of hydrogen-bond donors (Lipinski definition) is 1. The predicted octanol–water partition coefficient (Wildman–Crippen LogP) is 3.42. The molecule has 4 heteroatoms. The van der Waals surface area contributed by atoms with Crippen LogP contribution < -0.4 is 5.32 Å². The third-order valence-corrected chi connectivity index (χ3v) is 3.90. The minimum atomic E-state index is -0.221. The minimum Gasteiger partial charge on any atom is -0.381 e. The fourth-order valence-electron chi connectivity index (χ4n) is 2.64. The highest BCUT2D eigenvalue weighted by atomic mass is 35.5. The smallest absolute Gasteiger partial charge is 0.127 e. The summed E-state index contributed by atoms with van der Waals surface area (Å²) < 4.78 is 19.4. The van der Waals surface area contributed by atoms with Crippen molar-refractivity contribution in [3.8, 4) is 0 Å². The first-order valence-electron chi connectivity index (χ1n) is 6.84. The molecule has 0 aromatic heterocycles. The topological polar surface area (TPSA) is 21.3 Å². The molecule has 106 valence electrons. The summed E-state index contributed by atoms with van der Waals surface area (Å²) in [5, 5.41) is 4.05. The number of ether oxygens (including phenoxy) is 1. The van der Waals surface area contributed by atoms with Crippen molar-refractivity contribution in [3.05, 3.63) is 34.6 Å². The van der Waals surface area contributed by atoms with Gasteiger partial charge in [-0.15, -0.1) is 0 Å². The van der Waals surface area contributed by atoms with Crippen molar-refractivity contribution in [2.75, 3.05) is 13.2 Å². The lowest BCUT2D eigenvalue weighted by molar-refractivity contribution is 0.0297. The van der Waals surface area contributed by atoms with Gasteiger partial charge in [0, 0.05) is 35.2 Å². The Morgan fingerprint density at radius 3 is 2.95 bits per heavy atom. The van der Waals surface area contributed by atoms with E-state index in [1.165, 1.54) is 6.07 Å². The molecule has 1 saturated heterocycles. The van der Waals surface area contributed by atoms with E-state index in [0.717, 1.165) is 13.0 Å². The Labute approximate surface area is 119 Å². The highest BCUT2D eigenvalue weighted by molar-refractivity contribution is 6.31. The van der Waals surface area contributed by atoms with Gasteiger partial charge in [-0.25, -0.2) is 4.39 Å². The molecule has 0 radical (unpaired) electrons. The van der Waals surface area contributed by atoms with E-state index >= 15 is 0 Å². The van der Waals surface area contributed by atoms with E-state index in [4.69, 9.17) is 16.3 Å². The van der Waals surface area contributed by atoms with Crippen LogP contribution in [0.4, 0.5) is 4.39 Å². The summed E-state index contributed by atoms with van der Waals surface area (Å²) in [6.07, 6.45) is 1.59. The van der Waals surface area contributed by atoms with Crippen molar-refractivity contribution in [2.45, 2.75) is 38.8 Å². The van der Waals surface area contributed by atoms with E-state index < -0.39 is 0 Å². The highest BCUT2D eigenvalue weighted by Crippen LogP contribution is 2.26. The van der Waals surface area contributed by atoms with Crippen LogP contribution in [0.3, 0.4) is 0 Å². The third-order valence-electron chi connectivity index (χ3n) is 3.55. The van der Waals surface area contributed by atoms with E-state index in [2.05, 4.69) is 19.2 Å². The first-order valence-corrected chi connectivity index (χ1v) is 7.22. The molecule has 0 spiro atoms. The van der Waals surface area contributed by atoms with Gasteiger partial charge in [-0.1, -0.05) is 31.5 Å². The summed E-state index contributed by atoms with van der Waals surface area (Å²) in [4.78, 5) is 0. The fraction of sp³-hybridized carbons (Fsp3) is 0.600. The van der Waals surface area contributed by atoms with Crippen molar-refractivity contribution in [1.29, 1.82) is 0 Å². The van der Waals surface area contributed by atoms with E-state index in [9.17, 15) is 4.39 Å². The van der Waals surface area contributed by atoms with Crippen LogP contribution in [-0.2, 0) is 11.2 Å². The van der Waals surface area contributed by atoms with Gasteiger partial charge in [0.15, 0.2) is 0 Å². The summed E-state index contributed by atoms with van der Waals surface area (Å²) in [5.74, 6) is 0.0481. The van der Waals surface area contributed by atoms with Gasteiger partial charge in [0.2, 0.25) is 0 Å². The third kappa shape index (κ3) is 3.91. The quantitative estimate of drug-likeness (QED) is 0.915. The average Bonchev–Trinajstić information content (AvgIpc) is 2.35. The minimum absolute atomic E-state index is 0.221. The summed E-state index contributed by atoms with van der Waals surface area (Å²) in [6, 6.07) is 5.64. The molecule has 1 fully saturated rings. The van der Waals surface area contributed by atoms with Crippen molar-refractivity contribution in [1.82, 2.24) is 5.32 Å². The summed E-state index contributed by atoms with van der Waals surface area (Å²) >= 11 is 6.10. The lowest BCUT2D eigenvalue weighted by Crippen LogP contribution is -2.46. The van der Waals surface area contributed by atoms with Gasteiger partial charge < -0.3 is 10.1 Å². The number of hydrogen-bond acceptors (Lipinski definition) is 2. The Bertz CT molecular complexity index is 404. The monoisotopic (exact) mass is 285 g/mol. The second-order valence-corrected chi connectivity index (χ2v) is 5.86. The second kappa shape index (κ2) is 6.69. The normalized spacial score (nSPS) is 23.8. The van der Waals surface area contributed by atoms with Gasteiger partial charge in [0.25, 0.3) is 0 Å². The zero-order chi connectivity index (χ0) is 13.8. The standard InChI is InChI=1S/C15H21ClFNO/c1-10(2)18-15-6-7-19-9-11(15)8-12-13(16)4-3-5-14(12)17/h3-5,10-11,15,18H,6-9H2,1-2H3/t11-,15+/m1/s1. The maximum atomic E-state index is 13.8. The van der Waals surface area contributed by atoms with Crippen LogP contribution in [0, 0.1) is 11.7 Å². The van der Waals surface area contributed by atoms with E-state index in [1.54, 1.807) is 12.1 Å². The summed E-state index contributed by atoms with van der Waals surface area (Å²) in [6.45, 7) is 5.69. The molecule has 2 atom stereocenters.